The lowest BCUT2D eigenvalue weighted by Gasteiger charge is -2.05. The molecule has 86 valence electrons. The molecule has 7 heteroatoms. The molecule has 0 aliphatic heterocycles. The standard InChI is InChI=1S/C9H7Cl2NO3S/c10-5-1-2-6(7(11)3-5)9(12-15)16-4-8(13)14/h1-3,15H,4H2,(H,13,14)/b12-9-. The third-order valence-electron chi connectivity index (χ3n) is 1.58. The first-order valence-corrected chi connectivity index (χ1v) is 5.81. The highest BCUT2D eigenvalue weighted by atomic mass is 35.5. The molecule has 0 spiro atoms. The zero-order valence-corrected chi connectivity index (χ0v) is 10.2. The summed E-state index contributed by atoms with van der Waals surface area (Å²) in [5, 5.41) is 21.2. The summed E-state index contributed by atoms with van der Waals surface area (Å²) >= 11 is 12.5. The van der Waals surface area contributed by atoms with Gasteiger partial charge in [-0.25, -0.2) is 0 Å². The lowest BCUT2D eigenvalue weighted by molar-refractivity contribution is -0.133. The molecule has 0 atom stereocenters. The molecule has 0 heterocycles. The minimum atomic E-state index is -1.00. The third-order valence-corrected chi connectivity index (χ3v) is 3.10. The number of thioether (sulfide) groups is 1. The van der Waals surface area contributed by atoms with Crippen molar-refractivity contribution in [3.05, 3.63) is 33.8 Å². The van der Waals surface area contributed by atoms with Gasteiger partial charge >= 0.3 is 5.97 Å². The smallest absolute Gasteiger partial charge is 0.313 e. The van der Waals surface area contributed by atoms with Crippen LogP contribution in [0, 0.1) is 0 Å². The fourth-order valence-corrected chi connectivity index (χ4v) is 2.16. The second-order valence-electron chi connectivity index (χ2n) is 2.71. The highest BCUT2D eigenvalue weighted by Crippen LogP contribution is 2.25. The molecule has 16 heavy (non-hydrogen) atoms. The summed E-state index contributed by atoms with van der Waals surface area (Å²) in [4.78, 5) is 10.4. The van der Waals surface area contributed by atoms with E-state index >= 15 is 0 Å². The van der Waals surface area contributed by atoms with Gasteiger partial charge in [0.2, 0.25) is 0 Å². The van der Waals surface area contributed by atoms with Crippen molar-refractivity contribution in [1.82, 2.24) is 0 Å². The van der Waals surface area contributed by atoms with Crippen LogP contribution in [0.15, 0.2) is 23.4 Å². The Morgan fingerprint density at radius 1 is 1.44 bits per heavy atom. The van der Waals surface area contributed by atoms with Crippen LogP contribution >= 0.6 is 35.0 Å². The molecule has 0 aliphatic carbocycles. The van der Waals surface area contributed by atoms with Gasteiger partial charge in [-0.05, 0) is 18.2 Å². The molecule has 2 N–H and O–H groups in total. The number of hydrogen-bond donors (Lipinski definition) is 2. The fraction of sp³-hybridized carbons (Fsp3) is 0.111. The topological polar surface area (TPSA) is 69.9 Å². The molecular weight excluding hydrogens is 273 g/mol. The summed E-state index contributed by atoms with van der Waals surface area (Å²) in [7, 11) is 0. The molecule has 0 radical (unpaired) electrons. The van der Waals surface area contributed by atoms with Crippen molar-refractivity contribution in [2.75, 3.05) is 5.75 Å². The highest BCUT2D eigenvalue weighted by Gasteiger charge is 2.12. The largest absolute Gasteiger partial charge is 0.481 e. The van der Waals surface area contributed by atoms with Gasteiger partial charge in [0.15, 0.2) is 0 Å². The van der Waals surface area contributed by atoms with Crippen LogP contribution in [0.2, 0.25) is 10.0 Å². The van der Waals surface area contributed by atoms with Crippen molar-refractivity contribution in [2.45, 2.75) is 0 Å². The van der Waals surface area contributed by atoms with E-state index in [0.29, 0.717) is 15.6 Å². The maximum absolute atomic E-state index is 10.4. The van der Waals surface area contributed by atoms with Crippen LogP contribution in [0.1, 0.15) is 5.56 Å². The van der Waals surface area contributed by atoms with Crippen LogP contribution in [0.5, 0.6) is 0 Å². The van der Waals surface area contributed by atoms with Gasteiger partial charge in [-0.2, -0.15) is 0 Å². The van der Waals surface area contributed by atoms with Crippen molar-refractivity contribution in [3.8, 4) is 0 Å². The average molecular weight is 280 g/mol. The van der Waals surface area contributed by atoms with E-state index in [0.717, 1.165) is 11.8 Å². The molecule has 0 aliphatic rings. The second kappa shape index (κ2) is 5.98. The Kier molecular flexibility index (Phi) is 4.92. The summed E-state index contributed by atoms with van der Waals surface area (Å²) in [5.74, 6) is -1.21. The number of benzene rings is 1. The predicted octanol–water partition coefficient (Wildman–Crippen LogP) is 2.95. The number of rotatable bonds is 3. The Hall–Kier alpha value is -0.910. The summed E-state index contributed by atoms with van der Waals surface area (Å²) in [6.45, 7) is 0. The van der Waals surface area contributed by atoms with Gasteiger partial charge in [0, 0.05) is 10.6 Å². The number of carboxylic acid groups (broad SMARTS) is 1. The maximum atomic E-state index is 10.4. The van der Waals surface area contributed by atoms with E-state index in [-0.39, 0.29) is 10.8 Å². The van der Waals surface area contributed by atoms with E-state index in [4.69, 9.17) is 33.5 Å². The number of halogens is 2. The quantitative estimate of drug-likeness (QED) is 0.386. The Labute approximate surface area is 106 Å². The monoisotopic (exact) mass is 279 g/mol. The third kappa shape index (κ3) is 3.59. The SMILES string of the molecule is O=C(O)CS/C(=N\O)c1ccc(Cl)cc1Cl. The molecule has 0 saturated heterocycles. The van der Waals surface area contributed by atoms with E-state index in [1.54, 1.807) is 12.1 Å². The average Bonchev–Trinajstić information content (AvgIpc) is 2.21. The Bertz CT molecular complexity index is 437. The normalized spacial score (nSPS) is 11.5. The van der Waals surface area contributed by atoms with E-state index in [9.17, 15) is 4.79 Å². The summed E-state index contributed by atoms with van der Waals surface area (Å²) in [5.41, 5.74) is 0.444. The van der Waals surface area contributed by atoms with Crippen molar-refractivity contribution in [1.29, 1.82) is 0 Å². The summed E-state index contributed by atoms with van der Waals surface area (Å²) < 4.78 is 0. The minimum Gasteiger partial charge on any atom is -0.481 e. The zero-order chi connectivity index (χ0) is 12.1. The minimum absolute atomic E-state index is 0.143. The molecule has 1 aromatic rings. The first kappa shape index (κ1) is 13.2. The molecular formula is C9H7Cl2NO3S. The number of carbonyl (C=O) groups is 1. The molecule has 0 amide bonds. The molecule has 1 rings (SSSR count). The molecule has 0 aromatic heterocycles. The number of nitrogens with zero attached hydrogens (tertiary/aromatic N) is 1. The second-order valence-corrected chi connectivity index (χ2v) is 4.52. The van der Waals surface area contributed by atoms with E-state index < -0.39 is 5.97 Å². The van der Waals surface area contributed by atoms with Gasteiger partial charge in [0.1, 0.15) is 5.04 Å². The van der Waals surface area contributed by atoms with Gasteiger partial charge < -0.3 is 10.3 Å². The van der Waals surface area contributed by atoms with Crippen molar-refractivity contribution in [3.63, 3.8) is 0 Å². The van der Waals surface area contributed by atoms with E-state index in [2.05, 4.69) is 5.16 Å². The zero-order valence-electron chi connectivity index (χ0n) is 7.85. The summed E-state index contributed by atoms with van der Waals surface area (Å²) in [6, 6.07) is 4.63. The van der Waals surface area contributed by atoms with Crippen LogP contribution in [-0.4, -0.2) is 27.1 Å². The van der Waals surface area contributed by atoms with Gasteiger partial charge in [0.25, 0.3) is 0 Å². The molecule has 0 fully saturated rings. The lowest BCUT2D eigenvalue weighted by atomic mass is 10.2. The molecule has 0 saturated carbocycles. The van der Waals surface area contributed by atoms with Crippen LogP contribution in [0.3, 0.4) is 0 Å². The van der Waals surface area contributed by atoms with Crippen molar-refractivity contribution >= 4 is 46.0 Å². The molecule has 1 aromatic carbocycles. The van der Waals surface area contributed by atoms with Crippen molar-refractivity contribution in [2.24, 2.45) is 5.16 Å². The number of carboxylic acids is 1. The number of hydrogen-bond acceptors (Lipinski definition) is 4. The Balaban J connectivity index is 2.92. The van der Waals surface area contributed by atoms with Crippen LogP contribution < -0.4 is 0 Å². The number of aliphatic carboxylic acids is 1. The van der Waals surface area contributed by atoms with Gasteiger partial charge in [-0.1, -0.05) is 40.1 Å². The maximum Gasteiger partial charge on any atom is 0.313 e. The Morgan fingerprint density at radius 3 is 2.62 bits per heavy atom. The van der Waals surface area contributed by atoms with Crippen LogP contribution in [0.4, 0.5) is 0 Å². The predicted molar refractivity (Wildman–Crippen MR) is 64.9 cm³/mol. The summed E-state index contributed by atoms with van der Waals surface area (Å²) in [6.07, 6.45) is 0. The van der Waals surface area contributed by atoms with Gasteiger partial charge in [-0.3, -0.25) is 4.79 Å². The van der Waals surface area contributed by atoms with E-state index in [1.807, 2.05) is 0 Å². The fourth-order valence-electron chi connectivity index (χ4n) is 0.954. The first-order valence-electron chi connectivity index (χ1n) is 4.06. The van der Waals surface area contributed by atoms with Gasteiger partial charge in [-0.15, -0.1) is 0 Å². The van der Waals surface area contributed by atoms with Crippen LogP contribution in [0.25, 0.3) is 0 Å². The van der Waals surface area contributed by atoms with Gasteiger partial charge in [0.05, 0.1) is 10.8 Å². The lowest BCUT2D eigenvalue weighted by Crippen LogP contribution is -2.04. The van der Waals surface area contributed by atoms with Crippen LogP contribution in [-0.2, 0) is 4.79 Å². The van der Waals surface area contributed by atoms with E-state index in [1.165, 1.54) is 6.07 Å². The van der Waals surface area contributed by atoms with Crippen molar-refractivity contribution < 1.29 is 15.1 Å². The molecule has 4 nitrogen and oxygen atoms in total. The number of oxime groups is 1. The Morgan fingerprint density at radius 2 is 2.12 bits per heavy atom. The molecule has 0 unspecified atom stereocenters. The highest BCUT2D eigenvalue weighted by molar-refractivity contribution is 8.14. The first-order chi connectivity index (χ1) is 7.54. The molecule has 0 bridgehead atoms.